The van der Waals surface area contributed by atoms with E-state index in [9.17, 15) is 9.59 Å². The maximum absolute atomic E-state index is 10.8. The van der Waals surface area contributed by atoms with Gasteiger partial charge in [0.15, 0.2) is 0 Å². The van der Waals surface area contributed by atoms with Gasteiger partial charge in [-0.05, 0) is 18.2 Å². The summed E-state index contributed by atoms with van der Waals surface area (Å²) in [6.07, 6.45) is 3.28. The lowest BCUT2D eigenvalue weighted by Gasteiger charge is -1.96. The van der Waals surface area contributed by atoms with Crippen molar-refractivity contribution in [3.63, 3.8) is 0 Å². The van der Waals surface area contributed by atoms with Crippen LogP contribution in [0.3, 0.4) is 0 Å². The van der Waals surface area contributed by atoms with Gasteiger partial charge in [0.1, 0.15) is 5.69 Å². The predicted octanol–water partition coefficient (Wildman–Crippen LogP) is 1.36. The largest absolute Gasteiger partial charge is 0.477 e. The fourth-order valence-electron chi connectivity index (χ4n) is 1.02. The molecule has 0 amide bonds. The molecule has 0 aliphatic heterocycles. The van der Waals surface area contributed by atoms with Gasteiger partial charge >= 0.3 is 11.9 Å². The molecule has 84 valence electrons. The standard InChI is InChI=1S/C11H11NO4/c1-16-10(13)7-3-5-8-4-2-6-9(12-8)11(14)15/h2-6H,7H2,1H3,(H,14,15). The second-order valence-corrected chi connectivity index (χ2v) is 2.94. The highest BCUT2D eigenvalue weighted by Crippen LogP contribution is 2.02. The predicted molar refractivity (Wildman–Crippen MR) is 56.9 cm³/mol. The number of methoxy groups -OCH3 is 1. The highest BCUT2D eigenvalue weighted by Gasteiger charge is 2.03. The van der Waals surface area contributed by atoms with Gasteiger partial charge in [0.25, 0.3) is 0 Å². The molecule has 0 atom stereocenters. The first kappa shape index (κ1) is 11.9. The molecule has 16 heavy (non-hydrogen) atoms. The Labute approximate surface area is 92.4 Å². The van der Waals surface area contributed by atoms with E-state index in [0.717, 1.165) is 0 Å². The minimum absolute atomic E-state index is 0.0276. The maximum Gasteiger partial charge on any atom is 0.354 e. The number of hydrogen-bond donors (Lipinski definition) is 1. The number of hydrogen-bond acceptors (Lipinski definition) is 4. The molecule has 0 saturated carbocycles. The third-order valence-electron chi connectivity index (χ3n) is 1.79. The number of pyridine rings is 1. The lowest BCUT2D eigenvalue weighted by molar-refractivity contribution is -0.139. The van der Waals surface area contributed by atoms with Crippen molar-refractivity contribution in [2.75, 3.05) is 7.11 Å². The first-order valence-electron chi connectivity index (χ1n) is 4.57. The highest BCUT2D eigenvalue weighted by atomic mass is 16.5. The molecule has 1 aromatic rings. The van der Waals surface area contributed by atoms with Crippen LogP contribution in [0.1, 0.15) is 22.6 Å². The van der Waals surface area contributed by atoms with Crippen LogP contribution in [-0.2, 0) is 9.53 Å². The molecule has 0 radical (unpaired) electrons. The van der Waals surface area contributed by atoms with Crippen molar-refractivity contribution < 1.29 is 19.4 Å². The van der Waals surface area contributed by atoms with Crippen molar-refractivity contribution >= 4 is 18.0 Å². The van der Waals surface area contributed by atoms with Crippen LogP contribution in [-0.4, -0.2) is 29.1 Å². The van der Waals surface area contributed by atoms with Crippen molar-refractivity contribution in [1.29, 1.82) is 0 Å². The smallest absolute Gasteiger partial charge is 0.354 e. The van der Waals surface area contributed by atoms with Crippen molar-refractivity contribution in [1.82, 2.24) is 4.98 Å². The summed E-state index contributed by atoms with van der Waals surface area (Å²) in [5.41, 5.74) is 0.462. The number of carbonyl (C=O) groups excluding carboxylic acids is 1. The second kappa shape index (κ2) is 5.65. The Bertz CT molecular complexity index is 426. The molecule has 0 aliphatic carbocycles. The Balaban J connectivity index is 2.70. The first-order chi connectivity index (χ1) is 7.63. The Kier molecular flexibility index (Phi) is 4.20. The fraction of sp³-hybridized carbons (Fsp3) is 0.182. The van der Waals surface area contributed by atoms with E-state index in [2.05, 4.69) is 9.72 Å². The number of carboxylic acid groups (broad SMARTS) is 1. The Hall–Kier alpha value is -2.17. The van der Waals surface area contributed by atoms with Crippen LogP contribution in [0.2, 0.25) is 0 Å². The minimum atomic E-state index is -1.08. The summed E-state index contributed by atoms with van der Waals surface area (Å²) in [7, 11) is 1.31. The third-order valence-corrected chi connectivity index (χ3v) is 1.79. The van der Waals surface area contributed by atoms with Crippen LogP contribution in [0.5, 0.6) is 0 Å². The molecule has 1 heterocycles. The molecule has 0 aliphatic rings. The number of aromatic nitrogens is 1. The maximum atomic E-state index is 10.8. The van der Waals surface area contributed by atoms with E-state index < -0.39 is 5.97 Å². The van der Waals surface area contributed by atoms with Crippen molar-refractivity contribution in [3.8, 4) is 0 Å². The average molecular weight is 221 g/mol. The lowest BCUT2D eigenvalue weighted by Crippen LogP contribution is -2.00. The van der Waals surface area contributed by atoms with E-state index in [4.69, 9.17) is 5.11 Å². The number of carbonyl (C=O) groups is 2. The summed E-state index contributed by atoms with van der Waals surface area (Å²) in [5.74, 6) is -1.44. The van der Waals surface area contributed by atoms with Gasteiger partial charge in [0.2, 0.25) is 0 Å². The molecule has 0 bridgehead atoms. The number of ether oxygens (including phenoxy) is 1. The van der Waals surface area contributed by atoms with Gasteiger partial charge < -0.3 is 9.84 Å². The minimum Gasteiger partial charge on any atom is -0.477 e. The van der Waals surface area contributed by atoms with Gasteiger partial charge in [-0.15, -0.1) is 0 Å². The van der Waals surface area contributed by atoms with Crippen LogP contribution in [0, 0.1) is 0 Å². The van der Waals surface area contributed by atoms with Crippen LogP contribution in [0.4, 0.5) is 0 Å². The van der Waals surface area contributed by atoms with Gasteiger partial charge in [0.05, 0.1) is 19.2 Å². The van der Waals surface area contributed by atoms with Crippen LogP contribution < -0.4 is 0 Å². The number of rotatable bonds is 4. The summed E-state index contributed by atoms with van der Waals surface area (Å²) in [4.78, 5) is 25.3. The molecule has 5 nitrogen and oxygen atoms in total. The summed E-state index contributed by atoms with van der Waals surface area (Å²) < 4.78 is 4.45. The van der Waals surface area contributed by atoms with Gasteiger partial charge in [-0.3, -0.25) is 4.79 Å². The topological polar surface area (TPSA) is 76.5 Å². The number of carboxylic acids is 1. The molecule has 0 spiro atoms. The normalized spacial score (nSPS) is 10.3. The third kappa shape index (κ3) is 3.53. The number of nitrogens with zero attached hydrogens (tertiary/aromatic N) is 1. The second-order valence-electron chi connectivity index (χ2n) is 2.94. The number of aromatic carboxylic acids is 1. The van der Waals surface area contributed by atoms with Gasteiger partial charge in [-0.25, -0.2) is 9.78 Å². The molecule has 5 heteroatoms. The van der Waals surface area contributed by atoms with E-state index in [1.54, 1.807) is 24.3 Å². The molecular formula is C11H11NO4. The van der Waals surface area contributed by atoms with Gasteiger partial charge in [0, 0.05) is 0 Å². The van der Waals surface area contributed by atoms with E-state index in [-0.39, 0.29) is 18.1 Å². The molecule has 0 saturated heterocycles. The van der Waals surface area contributed by atoms with E-state index in [0.29, 0.717) is 5.69 Å². The zero-order valence-electron chi connectivity index (χ0n) is 8.71. The number of esters is 1. The molecule has 0 aromatic carbocycles. The summed E-state index contributed by atoms with van der Waals surface area (Å²) in [5, 5.41) is 8.70. The van der Waals surface area contributed by atoms with Crippen LogP contribution in [0.25, 0.3) is 6.08 Å². The summed E-state index contributed by atoms with van der Waals surface area (Å²) >= 11 is 0. The Morgan fingerprint density at radius 3 is 2.88 bits per heavy atom. The van der Waals surface area contributed by atoms with Crippen LogP contribution in [0.15, 0.2) is 24.3 Å². The average Bonchev–Trinajstić information content (AvgIpc) is 2.29. The molecule has 0 fully saturated rings. The zero-order chi connectivity index (χ0) is 12.0. The van der Waals surface area contributed by atoms with Crippen molar-refractivity contribution in [2.45, 2.75) is 6.42 Å². The van der Waals surface area contributed by atoms with E-state index in [1.165, 1.54) is 13.2 Å². The lowest BCUT2D eigenvalue weighted by atomic mass is 10.2. The molecule has 0 unspecified atom stereocenters. The zero-order valence-corrected chi connectivity index (χ0v) is 8.71. The first-order valence-corrected chi connectivity index (χ1v) is 4.57. The van der Waals surface area contributed by atoms with Crippen molar-refractivity contribution in [2.24, 2.45) is 0 Å². The Morgan fingerprint density at radius 1 is 1.50 bits per heavy atom. The molecule has 1 aromatic heterocycles. The van der Waals surface area contributed by atoms with Gasteiger partial charge in [-0.2, -0.15) is 0 Å². The molecular weight excluding hydrogens is 210 g/mol. The van der Waals surface area contributed by atoms with Crippen molar-refractivity contribution in [3.05, 3.63) is 35.7 Å². The fourth-order valence-corrected chi connectivity index (χ4v) is 1.02. The summed E-state index contributed by atoms with van der Waals surface area (Å²) in [6.45, 7) is 0. The molecule has 1 rings (SSSR count). The van der Waals surface area contributed by atoms with Gasteiger partial charge in [-0.1, -0.05) is 12.1 Å². The molecule has 1 N–H and O–H groups in total. The van der Waals surface area contributed by atoms with Crippen LogP contribution >= 0.6 is 0 Å². The van der Waals surface area contributed by atoms with E-state index in [1.807, 2.05) is 0 Å². The SMILES string of the molecule is COC(=O)CC=Cc1cccc(C(=O)O)n1. The van der Waals surface area contributed by atoms with E-state index >= 15 is 0 Å². The Morgan fingerprint density at radius 2 is 2.25 bits per heavy atom. The highest BCUT2D eigenvalue weighted by molar-refractivity contribution is 5.85. The summed E-state index contributed by atoms with van der Waals surface area (Å²) in [6, 6.07) is 4.65. The quantitative estimate of drug-likeness (QED) is 0.777. The monoisotopic (exact) mass is 221 g/mol.